The molecule has 1 amide bonds. The highest BCUT2D eigenvalue weighted by Gasteiger charge is 2.45. The summed E-state index contributed by atoms with van der Waals surface area (Å²) in [4.78, 5) is 43.9. The van der Waals surface area contributed by atoms with Crippen LogP contribution in [0, 0.1) is 0 Å². The Bertz CT molecular complexity index is 1030. The second kappa shape index (κ2) is 8.80. The summed E-state index contributed by atoms with van der Waals surface area (Å²) < 4.78 is 27.7. The molecule has 0 aromatic carbocycles. The number of phosphoric ester groups is 1. The number of hydrogen-bond acceptors (Lipinski definition) is 13. The number of nitrogens with zero attached hydrogens (tertiary/aromatic N) is 4. The van der Waals surface area contributed by atoms with E-state index in [9.17, 15) is 29.3 Å². The van der Waals surface area contributed by atoms with Crippen LogP contribution in [0.2, 0.25) is 0 Å². The van der Waals surface area contributed by atoms with E-state index >= 15 is 0 Å². The number of aliphatic hydroxyl groups excluding tert-OH is 2. The molecule has 31 heavy (non-hydrogen) atoms. The van der Waals surface area contributed by atoms with Gasteiger partial charge in [0.2, 0.25) is 5.91 Å². The number of nitrogens with two attached hydrogens (primary N) is 3. The predicted molar refractivity (Wildman–Crippen MR) is 99.3 cm³/mol. The van der Waals surface area contributed by atoms with Crippen LogP contribution in [0.3, 0.4) is 0 Å². The van der Waals surface area contributed by atoms with Gasteiger partial charge in [0.25, 0.3) is 0 Å². The fourth-order valence-electron chi connectivity index (χ4n) is 2.83. The van der Waals surface area contributed by atoms with Gasteiger partial charge >= 0.3 is 13.8 Å². The lowest BCUT2D eigenvalue weighted by molar-refractivity contribution is -0.139. The average Bonchev–Trinajstić information content (AvgIpc) is 3.22. The number of anilines is 1. The van der Waals surface area contributed by atoms with Crippen LogP contribution < -0.4 is 17.2 Å². The maximum atomic E-state index is 12.0. The van der Waals surface area contributed by atoms with Crippen molar-refractivity contribution in [2.24, 2.45) is 11.5 Å². The molecule has 3 heterocycles. The second-order valence-electron chi connectivity index (χ2n) is 6.58. The summed E-state index contributed by atoms with van der Waals surface area (Å²) in [6, 6.07) is -1.56. The SMILES string of the molecule is NC(=O)C[C@H](N)C(=O)OP(=O)(O)OC[C@H]1O[C@@H](n2cnc3c(N)ncnc32)[C@H](O)[C@@H]1O. The molecule has 0 radical (unpaired) electrons. The van der Waals surface area contributed by atoms with Crippen molar-refractivity contribution in [1.29, 1.82) is 0 Å². The fraction of sp³-hybridized carbons (Fsp3) is 0.500. The molecule has 0 spiro atoms. The van der Waals surface area contributed by atoms with E-state index in [0.29, 0.717) is 0 Å². The molecule has 17 heteroatoms. The Labute approximate surface area is 173 Å². The fourth-order valence-corrected chi connectivity index (χ4v) is 3.58. The molecule has 1 aliphatic heterocycles. The zero-order valence-electron chi connectivity index (χ0n) is 15.7. The number of ether oxygens (including phenoxy) is 1. The standard InChI is InChI=1S/C14H20N7O9P/c15-5(1-7(16)22)14(25)30-31(26,27)28-2-6-9(23)10(24)13(29-6)21-4-20-8-11(17)18-3-19-12(8)21/h3-6,9-10,13,23-24H,1-2,15H2,(H2,16,22)(H,26,27)(H2,17,18,19)/t5-,6+,9+,10+,13+/m0/s1. The lowest BCUT2D eigenvalue weighted by Crippen LogP contribution is -2.36. The van der Waals surface area contributed by atoms with E-state index in [1.807, 2.05) is 0 Å². The number of aliphatic hydroxyl groups is 2. The number of carbonyl (C=O) groups excluding carboxylic acids is 2. The van der Waals surface area contributed by atoms with Gasteiger partial charge in [0.1, 0.15) is 36.2 Å². The maximum Gasteiger partial charge on any atom is 0.529 e. The third-order valence-electron chi connectivity index (χ3n) is 4.33. The van der Waals surface area contributed by atoms with Crippen molar-refractivity contribution in [1.82, 2.24) is 19.5 Å². The van der Waals surface area contributed by atoms with Gasteiger partial charge in [-0.25, -0.2) is 24.3 Å². The van der Waals surface area contributed by atoms with Crippen molar-refractivity contribution in [2.75, 3.05) is 12.3 Å². The number of phosphoric acid groups is 1. The number of carbonyl (C=O) groups is 2. The highest BCUT2D eigenvalue weighted by atomic mass is 31.2. The van der Waals surface area contributed by atoms with Crippen LogP contribution in [-0.4, -0.2) is 77.5 Å². The summed E-state index contributed by atoms with van der Waals surface area (Å²) in [6.45, 7) is -0.745. The molecule has 0 bridgehead atoms. The van der Waals surface area contributed by atoms with Gasteiger partial charge in [-0.05, 0) is 0 Å². The highest BCUT2D eigenvalue weighted by molar-refractivity contribution is 7.48. The zero-order chi connectivity index (χ0) is 22.9. The second-order valence-corrected chi connectivity index (χ2v) is 7.96. The lowest BCUT2D eigenvalue weighted by Gasteiger charge is -2.18. The number of hydrogen-bond donors (Lipinski definition) is 6. The van der Waals surface area contributed by atoms with E-state index in [-0.39, 0.29) is 17.0 Å². The normalized spacial score (nSPS) is 26.5. The Morgan fingerprint density at radius 2 is 2.00 bits per heavy atom. The molecule has 6 atom stereocenters. The predicted octanol–water partition coefficient (Wildman–Crippen LogP) is -3.11. The first kappa shape index (κ1) is 23.0. The molecule has 1 unspecified atom stereocenters. The first-order valence-corrected chi connectivity index (χ1v) is 10.2. The molecule has 16 nitrogen and oxygen atoms in total. The van der Waals surface area contributed by atoms with Gasteiger partial charge in [-0.3, -0.25) is 18.8 Å². The number of amides is 1. The summed E-state index contributed by atoms with van der Waals surface area (Å²) in [5.74, 6) is -2.22. The first-order valence-electron chi connectivity index (χ1n) is 8.69. The van der Waals surface area contributed by atoms with Crippen molar-refractivity contribution in [3.63, 3.8) is 0 Å². The van der Waals surface area contributed by atoms with E-state index in [1.165, 1.54) is 17.2 Å². The third kappa shape index (κ3) is 4.96. The number of fused-ring (bicyclic) bond motifs is 1. The Hall–Kier alpha value is -2.72. The monoisotopic (exact) mass is 461 g/mol. The van der Waals surface area contributed by atoms with Crippen molar-refractivity contribution in [2.45, 2.75) is 37.0 Å². The van der Waals surface area contributed by atoms with Crippen molar-refractivity contribution < 1.29 is 43.0 Å². The molecule has 1 aliphatic rings. The van der Waals surface area contributed by atoms with Gasteiger partial charge in [-0.1, -0.05) is 0 Å². The number of imidazole rings is 1. The summed E-state index contributed by atoms with van der Waals surface area (Å²) >= 11 is 0. The number of aromatic nitrogens is 4. The van der Waals surface area contributed by atoms with Gasteiger partial charge < -0.3 is 36.7 Å². The highest BCUT2D eigenvalue weighted by Crippen LogP contribution is 2.45. The molecule has 1 saturated heterocycles. The summed E-state index contributed by atoms with van der Waals surface area (Å²) in [5.41, 5.74) is 16.4. The molecular formula is C14H20N7O9P. The Kier molecular flexibility index (Phi) is 6.51. The molecule has 1 fully saturated rings. The third-order valence-corrected chi connectivity index (χ3v) is 5.22. The van der Waals surface area contributed by atoms with Gasteiger partial charge in [0.15, 0.2) is 17.7 Å². The van der Waals surface area contributed by atoms with Crippen LogP contribution in [0.5, 0.6) is 0 Å². The molecular weight excluding hydrogens is 441 g/mol. The van der Waals surface area contributed by atoms with E-state index in [0.717, 1.165) is 0 Å². The van der Waals surface area contributed by atoms with E-state index in [4.69, 9.17) is 21.9 Å². The van der Waals surface area contributed by atoms with Crippen molar-refractivity contribution >= 4 is 36.7 Å². The first-order chi connectivity index (χ1) is 14.5. The van der Waals surface area contributed by atoms with Gasteiger partial charge in [-0.2, -0.15) is 0 Å². The maximum absolute atomic E-state index is 12.0. The molecule has 0 saturated carbocycles. The molecule has 2 aromatic rings. The van der Waals surface area contributed by atoms with Crippen LogP contribution in [0.1, 0.15) is 12.6 Å². The topological polar surface area (TPSA) is 261 Å². The van der Waals surface area contributed by atoms with Crippen LogP contribution in [0.4, 0.5) is 5.82 Å². The average molecular weight is 461 g/mol. The minimum absolute atomic E-state index is 0.0919. The number of rotatable bonds is 8. The van der Waals surface area contributed by atoms with E-state index in [2.05, 4.69) is 24.0 Å². The van der Waals surface area contributed by atoms with Crippen molar-refractivity contribution in [3.8, 4) is 0 Å². The van der Waals surface area contributed by atoms with E-state index in [1.54, 1.807) is 0 Å². The molecule has 3 rings (SSSR count). The van der Waals surface area contributed by atoms with E-state index < -0.39 is 63.3 Å². The number of primary amides is 1. The Morgan fingerprint density at radius 3 is 2.68 bits per heavy atom. The Balaban J connectivity index is 1.65. The summed E-state index contributed by atoms with van der Waals surface area (Å²) in [7, 11) is -4.98. The Morgan fingerprint density at radius 1 is 1.29 bits per heavy atom. The van der Waals surface area contributed by atoms with Crippen molar-refractivity contribution in [3.05, 3.63) is 12.7 Å². The van der Waals surface area contributed by atoms with Crippen LogP contribution in [-0.2, 0) is 27.9 Å². The quantitative estimate of drug-likeness (QED) is 0.213. The van der Waals surface area contributed by atoms with Crippen LogP contribution in [0.25, 0.3) is 11.2 Å². The van der Waals surface area contributed by atoms with Gasteiger partial charge in [-0.15, -0.1) is 0 Å². The zero-order valence-corrected chi connectivity index (χ0v) is 16.6. The summed E-state index contributed by atoms with van der Waals surface area (Å²) in [6.07, 6.45) is -3.69. The van der Waals surface area contributed by atoms with Crippen LogP contribution >= 0.6 is 7.82 Å². The minimum Gasteiger partial charge on any atom is -0.387 e. The molecule has 9 N–H and O–H groups in total. The largest absolute Gasteiger partial charge is 0.529 e. The minimum atomic E-state index is -4.98. The van der Waals surface area contributed by atoms with Crippen LogP contribution in [0.15, 0.2) is 12.7 Å². The molecule has 170 valence electrons. The lowest BCUT2D eigenvalue weighted by atomic mass is 10.1. The molecule has 2 aromatic heterocycles. The summed E-state index contributed by atoms with van der Waals surface area (Å²) in [5, 5.41) is 20.6. The van der Waals surface area contributed by atoms with Gasteiger partial charge in [0, 0.05) is 0 Å². The number of nitrogen functional groups attached to an aromatic ring is 1. The smallest absolute Gasteiger partial charge is 0.387 e. The van der Waals surface area contributed by atoms with Gasteiger partial charge in [0.05, 0.1) is 19.4 Å². The molecule has 0 aliphatic carbocycles.